The van der Waals surface area contributed by atoms with Crippen LogP contribution in [0, 0.1) is 0 Å². The van der Waals surface area contributed by atoms with Gasteiger partial charge >= 0.3 is 0 Å². The lowest BCUT2D eigenvalue weighted by atomic mass is 10.0. The Morgan fingerprint density at radius 2 is 2.29 bits per heavy atom. The van der Waals surface area contributed by atoms with E-state index in [2.05, 4.69) is 15.0 Å². The number of aliphatic hydroxyl groups excluding tert-OH is 2. The van der Waals surface area contributed by atoms with Crippen LogP contribution in [0.3, 0.4) is 0 Å². The Kier molecular flexibility index (Phi) is 4.03. The van der Waals surface area contributed by atoms with Crippen molar-refractivity contribution in [3.63, 3.8) is 0 Å². The van der Waals surface area contributed by atoms with Gasteiger partial charge in [0.05, 0.1) is 25.2 Å². The molecule has 2 aromatic heterocycles. The smallest absolute Gasteiger partial charge is 0.190 e. The van der Waals surface area contributed by atoms with Crippen molar-refractivity contribution in [3.8, 4) is 0 Å². The topological polar surface area (TPSA) is 93.3 Å². The van der Waals surface area contributed by atoms with Crippen molar-refractivity contribution in [1.29, 1.82) is 0 Å². The van der Waals surface area contributed by atoms with Crippen LogP contribution in [-0.4, -0.2) is 54.8 Å². The molecule has 0 saturated carbocycles. The number of fused-ring (bicyclic) bond motifs is 1. The molecule has 3 rings (SSSR count). The number of rotatable bonds is 3. The summed E-state index contributed by atoms with van der Waals surface area (Å²) in [4.78, 5) is 12.7. The minimum Gasteiger partial charge on any atom is -0.493 e. The van der Waals surface area contributed by atoms with E-state index in [0.717, 1.165) is 0 Å². The zero-order chi connectivity index (χ0) is 15.0. The van der Waals surface area contributed by atoms with E-state index in [1.54, 1.807) is 17.0 Å². The first-order chi connectivity index (χ1) is 10.2. The van der Waals surface area contributed by atoms with E-state index in [4.69, 9.17) is 16.3 Å². The molecule has 0 amide bonds. The number of nitrogens with zero attached hydrogens (tertiary/aromatic N) is 4. The van der Waals surface area contributed by atoms with E-state index in [1.165, 1.54) is 18.0 Å². The van der Waals surface area contributed by atoms with Crippen LogP contribution < -0.4 is 0 Å². The number of thioether (sulfide) groups is 1. The predicted molar refractivity (Wildman–Crippen MR) is 78.3 cm³/mol. The number of aliphatic hydroxyl groups is 2. The van der Waals surface area contributed by atoms with Crippen LogP contribution in [-0.2, 0) is 4.74 Å². The third-order valence-electron chi connectivity index (χ3n) is 3.30. The standard InChI is InChI=1S/C12H13ClN4O3S/c1-21-12-15-10(13)8-11(16-12)17(5-14-8)6-2-3-20-7(4-18)9(6)19/h2-3,5-7,9,18-19H,4H2,1H3. The van der Waals surface area contributed by atoms with Crippen molar-refractivity contribution in [2.45, 2.75) is 23.4 Å². The minimum absolute atomic E-state index is 0.271. The Balaban J connectivity index is 2.10. The first kappa shape index (κ1) is 14.6. The summed E-state index contributed by atoms with van der Waals surface area (Å²) in [6.45, 7) is -0.277. The number of halogens is 1. The van der Waals surface area contributed by atoms with Crippen molar-refractivity contribution >= 4 is 34.5 Å². The lowest BCUT2D eigenvalue weighted by molar-refractivity contribution is -0.0503. The molecule has 1 aliphatic heterocycles. The number of hydrogen-bond donors (Lipinski definition) is 2. The predicted octanol–water partition coefficient (Wildman–Crippen LogP) is 1.01. The molecule has 0 bridgehead atoms. The fraction of sp³-hybridized carbons (Fsp3) is 0.417. The second-order valence-electron chi connectivity index (χ2n) is 4.49. The van der Waals surface area contributed by atoms with Gasteiger partial charge in [0, 0.05) is 0 Å². The molecule has 7 nitrogen and oxygen atoms in total. The summed E-state index contributed by atoms with van der Waals surface area (Å²) in [5.74, 6) is 0. The minimum atomic E-state index is -0.913. The van der Waals surface area contributed by atoms with Crippen LogP contribution in [0.1, 0.15) is 6.04 Å². The Morgan fingerprint density at radius 1 is 1.48 bits per heavy atom. The van der Waals surface area contributed by atoms with Gasteiger partial charge in [-0.3, -0.25) is 0 Å². The van der Waals surface area contributed by atoms with E-state index in [-0.39, 0.29) is 11.8 Å². The summed E-state index contributed by atoms with van der Waals surface area (Å²) in [6, 6.07) is -0.443. The third-order valence-corrected chi connectivity index (χ3v) is 4.11. The Bertz CT molecular complexity index is 692. The highest BCUT2D eigenvalue weighted by molar-refractivity contribution is 7.98. The van der Waals surface area contributed by atoms with E-state index >= 15 is 0 Å². The first-order valence-electron chi connectivity index (χ1n) is 6.21. The summed E-state index contributed by atoms with van der Waals surface area (Å²) in [5, 5.41) is 20.3. The van der Waals surface area contributed by atoms with Crippen molar-refractivity contribution in [3.05, 3.63) is 23.8 Å². The highest BCUT2D eigenvalue weighted by atomic mass is 35.5. The molecular weight excluding hydrogens is 316 g/mol. The first-order valence-corrected chi connectivity index (χ1v) is 7.81. The quantitative estimate of drug-likeness (QED) is 0.493. The molecule has 0 aromatic carbocycles. The van der Waals surface area contributed by atoms with Crippen LogP contribution in [0.5, 0.6) is 0 Å². The van der Waals surface area contributed by atoms with Gasteiger partial charge in [-0.15, -0.1) is 0 Å². The average molecular weight is 329 g/mol. The maximum atomic E-state index is 10.3. The maximum absolute atomic E-state index is 10.3. The van der Waals surface area contributed by atoms with Crippen molar-refractivity contribution < 1.29 is 14.9 Å². The van der Waals surface area contributed by atoms with Gasteiger partial charge in [0.1, 0.15) is 17.7 Å². The maximum Gasteiger partial charge on any atom is 0.190 e. The summed E-state index contributed by atoms with van der Waals surface area (Å²) < 4.78 is 6.87. The molecule has 9 heteroatoms. The van der Waals surface area contributed by atoms with E-state index in [1.807, 2.05) is 6.26 Å². The largest absolute Gasteiger partial charge is 0.493 e. The molecule has 21 heavy (non-hydrogen) atoms. The molecule has 3 heterocycles. The average Bonchev–Trinajstić information content (AvgIpc) is 2.91. The van der Waals surface area contributed by atoms with Crippen LogP contribution in [0.25, 0.3) is 11.2 Å². The lowest BCUT2D eigenvalue weighted by Crippen LogP contribution is -2.40. The van der Waals surface area contributed by atoms with E-state index in [9.17, 15) is 10.2 Å². The number of hydrogen-bond acceptors (Lipinski definition) is 7. The number of imidazole rings is 1. The van der Waals surface area contributed by atoms with Gasteiger partial charge in [-0.2, -0.15) is 0 Å². The summed E-state index contributed by atoms with van der Waals surface area (Å²) >= 11 is 7.47. The number of aromatic nitrogens is 4. The highest BCUT2D eigenvalue weighted by Gasteiger charge is 2.32. The van der Waals surface area contributed by atoms with Gasteiger partial charge in [0.2, 0.25) is 0 Å². The molecule has 2 aromatic rings. The zero-order valence-electron chi connectivity index (χ0n) is 11.0. The van der Waals surface area contributed by atoms with Crippen molar-refractivity contribution in [2.24, 2.45) is 0 Å². The van der Waals surface area contributed by atoms with E-state index < -0.39 is 18.2 Å². The van der Waals surface area contributed by atoms with Crippen molar-refractivity contribution in [2.75, 3.05) is 12.9 Å². The SMILES string of the molecule is CSc1nc(Cl)c2ncn(C3C=COC(CO)C3O)c2n1. The molecule has 0 fully saturated rings. The van der Waals surface area contributed by atoms with Gasteiger partial charge in [0.15, 0.2) is 16.0 Å². The van der Waals surface area contributed by atoms with E-state index in [0.29, 0.717) is 16.3 Å². The zero-order valence-corrected chi connectivity index (χ0v) is 12.6. The summed E-state index contributed by atoms with van der Waals surface area (Å²) in [7, 11) is 0. The van der Waals surface area contributed by atoms with Gasteiger partial charge in [-0.05, 0) is 12.3 Å². The fourth-order valence-corrected chi connectivity index (χ4v) is 2.85. The molecule has 0 saturated heterocycles. The normalized spacial score (nSPS) is 25.2. The van der Waals surface area contributed by atoms with Crippen LogP contribution >= 0.6 is 23.4 Å². The lowest BCUT2D eigenvalue weighted by Gasteiger charge is -2.30. The van der Waals surface area contributed by atoms with Crippen molar-refractivity contribution in [1.82, 2.24) is 19.5 Å². The van der Waals surface area contributed by atoms with Gasteiger partial charge < -0.3 is 19.5 Å². The second kappa shape index (κ2) is 5.80. The Morgan fingerprint density at radius 3 is 3.00 bits per heavy atom. The molecule has 0 radical (unpaired) electrons. The molecule has 112 valence electrons. The monoisotopic (exact) mass is 328 g/mol. The Labute approximate surface area is 129 Å². The molecule has 0 spiro atoms. The van der Waals surface area contributed by atoms with Gasteiger partial charge in [-0.25, -0.2) is 15.0 Å². The summed E-state index contributed by atoms with van der Waals surface area (Å²) in [5.41, 5.74) is 1.01. The summed E-state index contributed by atoms with van der Waals surface area (Å²) in [6.07, 6.45) is 4.95. The second-order valence-corrected chi connectivity index (χ2v) is 5.62. The fourth-order valence-electron chi connectivity index (χ4n) is 2.22. The molecular formula is C12H13ClN4O3S. The van der Waals surface area contributed by atoms with Gasteiger partial charge in [0.25, 0.3) is 0 Å². The number of ether oxygens (including phenoxy) is 1. The third kappa shape index (κ3) is 2.48. The van der Waals surface area contributed by atoms with Gasteiger partial charge in [-0.1, -0.05) is 23.4 Å². The van der Waals surface area contributed by atoms with Crippen LogP contribution in [0.4, 0.5) is 0 Å². The molecule has 1 aliphatic rings. The van der Waals surface area contributed by atoms with Crippen LogP contribution in [0.15, 0.2) is 23.8 Å². The van der Waals surface area contributed by atoms with Crippen LogP contribution in [0.2, 0.25) is 5.15 Å². The Hall–Kier alpha value is -1.35. The molecule has 3 unspecified atom stereocenters. The highest BCUT2D eigenvalue weighted by Crippen LogP contribution is 2.29. The molecule has 2 N–H and O–H groups in total. The molecule has 0 aliphatic carbocycles. The molecule has 3 atom stereocenters.